The lowest BCUT2D eigenvalue weighted by Crippen LogP contribution is -2.50. The molecule has 7 nitrogen and oxygen atoms in total. The summed E-state index contributed by atoms with van der Waals surface area (Å²) in [4.78, 5) is 4.01. The maximum atomic E-state index is 5.69. The molecule has 0 saturated heterocycles. The Bertz CT molecular complexity index is 400. The van der Waals surface area contributed by atoms with Crippen molar-refractivity contribution in [2.24, 2.45) is 0 Å². The largest absolute Gasteiger partial charge is 0.409 e. The van der Waals surface area contributed by atoms with E-state index in [0.29, 0.717) is 24.9 Å². The number of hydrogen-bond donors (Lipinski definition) is 3. The lowest BCUT2D eigenvalue weighted by atomic mass is 10.4. The smallest absolute Gasteiger partial charge is 0.294 e. The summed E-state index contributed by atoms with van der Waals surface area (Å²) in [5.41, 5.74) is 3.76. The molecule has 0 saturated carbocycles. The van der Waals surface area contributed by atoms with Gasteiger partial charge in [-0.25, -0.2) is 5.12 Å². The molecule has 17 heavy (non-hydrogen) atoms. The summed E-state index contributed by atoms with van der Waals surface area (Å²) in [6, 6.07) is 0. The molecular weight excluding hydrogens is 244 g/mol. The van der Waals surface area contributed by atoms with E-state index in [1.54, 1.807) is 5.12 Å². The number of halogens is 1. The third kappa shape index (κ3) is 2.70. The molecule has 1 aromatic heterocycles. The fourth-order valence-corrected chi connectivity index (χ4v) is 1.69. The topological polar surface area (TPSA) is 68.6 Å². The van der Waals surface area contributed by atoms with Crippen LogP contribution in [-0.2, 0) is 0 Å². The molecule has 1 aliphatic rings. The van der Waals surface area contributed by atoms with Crippen molar-refractivity contribution in [3.8, 4) is 0 Å². The molecule has 0 bridgehead atoms. The van der Waals surface area contributed by atoms with Gasteiger partial charge < -0.3 is 15.1 Å². The van der Waals surface area contributed by atoms with Crippen molar-refractivity contribution < 1.29 is 4.42 Å². The summed E-state index contributed by atoms with van der Waals surface area (Å²) in [6.45, 7) is 1.35. The Labute approximate surface area is 104 Å². The maximum absolute atomic E-state index is 5.69. The van der Waals surface area contributed by atoms with Crippen LogP contribution in [0.3, 0.4) is 0 Å². The number of rotatable bonds is 5. The van der Waals surface area contributed by atoms with E-state index in [4.69, 9.17) is 16.0 Å². The van der Waals surface area contributed by atoms with Crippen molar-refractivity contribution in [3.63, 3.8) is 0 Å². The van der Waals surface area contributed by atoms with Crippen LogP contribution in [-0.4, -0.2) is 42.5 Å². The highest BCUT2D eigenvalue weighted by Crippen LogP contribution is 2.25. The van der Waals surface area contributed by atoms with Crippen molar-refractivity contribution in [2.75, 3.05) is 32.9 Å². The molecule has 0 amide bonds. The lowest BCUT2D eigenvalue weighted by Gasteiger charge is -2.34. The first-order valence-electron chi connectivity index (χ1n) is 5.19. The molecule has 1 aromatic rings. The molecule has 8 heteroatoms. The van der Waals surface area contributed by atoms with Crippen molar-refractivity contribution in [2.45, 2.75) is 0 Å². The normalized spacial score (nSPS) is 14.0. The monoisotopic (exact) mass is 258 g/mol. The number of nitrogens with one attached hydrogen (secondary N) is 3. The first kappa shape index (κ1) is 12.2. The second-order valence-corrected chi connectivity index (χ2v) is 3.81. The van der Waals surface area contributed by atoms with Gasteiger partial charge >= 0.3 is 0 Å². The Kier molecular flexibility index (Phi) is 3.85. The van der Waals surface area contributed by atoms with Gasteiger partial charge in [0, 0.05) is 6.20 Å². The molecule has 0 aliphatic carbocycles. The van der Waals surface area contributed by atoms with Gasteiger partial charge in [0.1, 0.15) is 5.69 Å². The summed E-state index contributed by atoms with van der Waals surface area (Å²) in [7, 11) is 3.76. The Hall–Kier alpha value is -1.28. The standard InChI is InChI=1S/C9H15ClN6O/c1-11-5-15(6-12-2)16-4-3-7-8(14-16)17-9(10)13-7/h3-4,11-12,14H,5-6H2,1-2H3. The number of aromatic nitrogens is 1. The van der Waals surface area contributed by atoms with Gasteiger partial charge in [-0.1, -0.05) is 0 Å². The first-order valence-corrected chi connectivity index (χ1v) is 5.57. The van der Waals surface area contributed by atoms with Crippen LogP contribution in [0, 0.1) is 0 Å². The SMILES string of the molecule is CNCN(CNC)N1C=Cc2nc(Cl)oc2N1. The van der Waals surface area contributed by atoms with Gasteiger partial charge in [-0.3, -0.25) is 5.43 Å². The maximum Gasteiger partial charge on any atom is 0.294 e. The fraction of sp³-hybridized carbons (Fsp3) is 0.444. The first-order chi connectivity index (χ1) is 8.24. The lowest BCUT2D eigenvalue weighted by molar-refractivity contribution is 0.0302. The molecule has 3 N–H and O–H groups in total. The highest BCUT2D eigenvalue weighted by molar-refractivity contribution is 6.27. The number of hydrogen-bond acceptors (Lipinski definition) is 7. The van der Waals surface area contributed by atoms with Gasteiger partial charge in [-0.2, -0.15) is 9.99 Å². The summed E-state index contributed by atoms with van der Waals surface area (Å²) in [6.07, 6.45) is 3.69. The zero-order valence-corrected chi connectivity index (χ0v) is 10.5. The van der Waals surface area contributed by atoms with Crippen LogP contribution >= 0.6 is 11.6 Å². The molecule has 2 rings (SSSR count). The Morgan fingerprint density at radius 3 is 2.82 bits per heavy atom. The fourth-order valence-electron chi connectivity index (χ4n) is 1.52. The van der Waals surface area contributed by atoms with E-state index in [9.17, 15) is 0 Å². The van der Waals surface area contributed by atoms with E-state index in [2.05, 4.69) is 21.0 Å². The minimum Gasteiger partial charge on any atom is -0.409 e. The van der Waals surface area contributed by atoms with Gasteiger partial charge in [-0.05, 0) is 31.8 Å². The number of fused-ring (bicyclic) bond motifs is 1. The minimum absolute atomic E-state index is 0.128. The second kappa shape index (κ2) is 5.37. The number of anilines is 1. The van der Waals surface area contributed by atoms with E-state index >= 15 is 0 Å². The number of nitrogens with zero attached hydrogens (tertiary/aromatic N) is 3. The van der Waals surface area contributed by atoms with Gasteiger partial charge in [0.05, 0.1) is 13.3 Å². The van der Waals surface area contributed by atoms with Gasteiger partial charge in [0.2, 0.25) is 5.88 Å². The van der Waals surface area contributed by atoms with Crippen LogP contribution in [0.2, 0.25) is 5.35 Å². The van der Waals surface area contributed by atoms with Gasteiger partial charge in [0.15, 0.2) is 0 Å². The van der Waals surface area contributed by atoms with Gasteiger partial charge in [0.25, 0.3) is 5.35 Å². The van der Waals surface area contributed by atoms with Crippen LogP contribution in [0.1, 0.15) is 5.69 Å². The average Bonchev–Trinajstić information content (AvgIpc) is 2.67. The summed E-state index contributed by atoms with van der Waals surface area (Å²) >= 11 is 5.69. The van der Waals surface area contributed by atoms with Crippen molar-refractivity contribution >= 4 is 23.6 Å². The molecule has 2 heterocycles. The number of oxazole rings is 1. The van der Waals surface area contributed by atoms with E-state index in [1.807, 2.05) is 31.4 Å². The molecular formula is C9H15ClN6O. The third-order valence-electron chi connectivity index (χ3n) is 2.20. The van der Waals surface area contributed by atoms with E-state index < -0.39 is 0 Å². The molecule has 0 unspecified atom stereocenters. The molecule has 1 aliphatic heterocycles. The van der Waals surface area contributed by atoms with Crippen LogP contribution in [0.5, 0.6) is 0 Å². The van der Waals surface area contributed by atoms with Crippen molar-refractivity contribution in [1.82, 2.24) is 25.7 Å². The van der Waals surface area contributed by atoms with Crippen molar-refractivity contribution in [3.05, 3.63) is 17.2 Å². The van der Waals surface area contributed by atoms with E-state index in [-0.39, 0.29) is 5.35 Å². The summed E-state index contributed by atoms with van der Waals surface area (Å²) in [5.74, 6) is 0.537. The van der Waals surface area contributed by atoms with Crippen LogP contribution in [0.4, 0.5) is 5.88 Å². The summed E-state index contributed by atoms with van der Waals surface area (Å²) < 4.78 is 5.23. The Morgan fingerprint density at radius 2 is 2.18 bits per heavy atom. The van der Waals surface area contributed by atoms with Gasteiger partial charge in [-0.15, -0.1) is 0 Å². The van der Waals surface area contributed by atoms with Crippen LogP contribution in [0.25, 0.3) is 6.08 Å². The molecule has 0 spiro atoms. The van der Waals surface area contributed by atoms with Crippen LogP contribution < -0.4 is 16.1 Å². The summed E-state index contributed by atoms with van der Waals surface area (Å²) in [5, 5.41) is 10.1. The predicted molar refractivity (Wildman–Crippen MR) is 65.7 cm³/mol. The van der Waals surface area contributed by atoms with E-state index in [1.165, 1.54) is 0 Å². The average molecular weight is 259 g/mol. The molecule has 0 radical (unpaired) electrons. The third-order valence-corrected chi connectivity index (χ3v) is 2.36. The highest BCUT2D eigenvalue weighted by Gasteiger charge is 2.19. The Morgan fingerprint density at radius 1 is 1.47 bits per heavy atom. The van der Waals surface area contributed by atoms with E-state index in [0.717, 1.165) is 0 Å². The molecule has 94 valence electrons. The Balaban J connectivity index is 2.09. The predicted octanol–water partition coefficient (Wildman–Crippen LogP) is 0.512. The van der Waals surface area contributed by atoms with Crippen molar-refractivity contribution in [1.29, 1.82) is 0 Å². The highest BCUT2D eigenvalue weighted by atomic mass is 35.5. The molecule has 0 fully saturated rings. The minimum atomic E-state index is 0.128. The zero-order valence-electron chi connectivity index (χ0n) is 9.70. The molecule has 0 atom stereocenters. The second-order valence-electron chi connectivity index (χ2n) is 3.48. The zero-order chi connectivity index (χ0) is 12.3. The number of hydrazine groups is 2. The quantitative estimate of drug-likeness (QED) is 0.665. The molecule has 0 aromatic carbocycles. The van der Waals surface area contributed by atoms with Crippen LogP contribution in [0.15, 0.2) is 10.6 Å².